The van der Waals surface area contributed by atoms with Crippen LogP contribution in [-0.4, -0.2) is 37.7 Å². The number of para-hydroxylation sites is 1. The van der Waals surface area contributed by atoms with E-state index in [4.69, 9.17) is 4.74 Å². The molecular formula is C21H22FN5O4. The van der Waals surface area contributed by atoms with Crippen LogP contribution in [0.4, 0.5) is 15.1 Å². The minimum absolute atomic E-state index is 0.0579. The Hall–Kier alpha value is -3.66. The molecule has 0 aliphatic carbocycles. The first-order valence-electron chi connectivity index (χ1n) is 9.46. The Kier molecular flexibility index (Phi) is 6.40. The van der Waals surface area contributed by atoms with E-state index in [0.717, 1.165) is 0 Å². The van der Waals surface area contributed by atoms with Crippen molar-refractivity contribution in [1.29, 1.82) is 0 Å². The molecule has 0 unspecified atom stereocenters. The van der Waals surface area contributed by atoms with Gasteiger partial charge < -0.3 is 15.2 Å². The van der Waals surface area contributed by atoms with Gasteiger partial charge in [0.25, 0.3) is 5.91 Å². The van der Waals surface area contributed by atoms with Gasteiger partial charge in [0.2, 0.25) is 5.95 Å². The number of aliphatic hydroxyl groups is 1. The van der Waals surface area contributed by atoms with Gasteiger partial charge >= 0.3 is 6.09 Å². The lowest BCUT2D eigenvalue weighted by molar-refractivity contribution is 0.0634. The highest BCUT2D eigenvalue weighted by Gasteiger charge is 2.21. The van der Waals surface area contributed by atoms with Crippen LogP contribution >= 0.6 is 0 Å². The van der Waals surface area contributed by atoms with Crippen LogP contribution in [0.5, 0.6) is 0 Å². The first-order chi connectivity index (χ1) is 14.7. The molecule has 0 saturated heterocycles. The van der Waals surface area contributed by atoms with Crippen LogP contribution in [0.25, 0.3) is 10.9 Å². The van der Waals surface area contributed by atoms with Crippen molar-refractivity contribution in [3.63, 3.8) is 0 Å². The monoisotopic (exact) mass is 427 g/mol. The molecule has 1 aromatic carbocycles. The second-order valence-corrected chi connectivity index (χ2v) is 7.62. The van der Waals surface area contributed by atoms with Crippen molar-refractivity contribution in [2.75, 3.05) is 5.32 Å². The lowest BCUT2D eigenvalue weighted by Crippen LogP contribution is -2.29. The average molecular weight is 427 g/mol. The SMILES string of the molecule is CC(C)(C)OC(=O)Nc1nc(C(=O)NCc2cccc(CO)n2)c2cccc(F)c2n1. The summed E-state index contributed by atoms with van der Waals surface area (Å²) in [5, 5.41) is 14.4. The fraction of sp³-hybridized carbons (Fsp3) is 0.286. The van der Waals surface area contributed by atoms with Crippen LogP contribution in [-0.2, 0) is 17.9 Å². The highest BCUT2D eigenvalue weighted by molar-refractivity contribution is 6.05. The number of rotatable bonds is 5. The van der Waals surface area contributed by atoms with Gasteiger partial charge in [0, 0.05) is 5.39 Å². The van der Waals surface area contributed by atoms with E-state index in [1.807, 2.05) is 0 Å². The summed E-state index contributed by atoms with van der Waals surface area (Å²) in [6, 6.07) is 9.19. The maximum absolute atomic E-state index is 14.4. The number of halogens is 1. The summed E-state index contributed by atoms with van der Waals surface area (Å²) in [6.45, 7) is 4.89. The predicted octanol–water partition coefficient (Wildman–Crippen LogP) is 2.93. The number of anilines is 1. The van der Waals surface area contributed by atoms with Crippen molar-refractivity contribution >= 4 is 28.9 Å². The van der Waals surface area contributed by atoms with Crippen molar-refractivity contribution in [1.82, 2.24) is 20.3 Å². The van der Waals surface area contributed by atoms with E-state index in [1.54, 1.807) is 39.0 Å². The third kappa shape index (κ3) is 5.70. The van der Waals surface area contributed by atoms with E-state index in [0.29, 0.717) is 11.4 Å². The first-order valence-corrected chi connectivity index (χ1v) is 9.46. The Morgan fingerprint density at radius 1 is 1.06 bits per heavy atom. The van der Waals surface area contributed by atoms with Gasteiger partial charge in [-0.1, -0.05) is 18.2 Å². The van der Waals surface area contributed by atoms with E-state index >= 15 is 0 Å². The van der Waals surface area contributed by atoms with Gasteiger partial charge in [0.15, 0.2) is 0 Å². The molecule has 2 aromatic heterocycles. The molecule has 3 aromatic rings. The number of aromatic nitrogens is 3. The van der Waals surface area contributed by atoms with Gasteiger partial charge in [-0.05, 0) is 39.0 Å². The summed E-state index contributed by atoms with van der Waals surface area (Å²) in [6.07, 6.45) is -0.834. The Balaban J connectivity index is 1.89. The average Bonchev–Trinajstić information content (AvgIpc) is 2.71. The number of fused-ring (bicyclic) bond motifs is 1. The third-order valence-corrected chi connectivity index (χ3v) is 3.96. The van der Waals surface area contributed by atoms with Crippen molar-refractivity contribution in [2.45, 2.75) is 39.5 Å². The van der Waals surface area contributed by atoms with Crippen LogP contribution in [0.1, 0.15) is 42.6 Å². The molecule has 0 bridgehead atoms. The molecule has 162 valence electrons. The number of aliphatic hydroxyl groups excluding tert-OH is 1. The maximum Gasteiger partial charge on any atom is 0.414 e. The van der Waals surface area contributed by atoms with Gasteiger partial charge in [-0.3, -0.25) is 15.1 Å². The van der Waals surface area contributed by atoms with Gasteiger partial charge in [0.1, 0.15) is 22.6 Å². The van der Waals surface area contributed by atoms with E-state index in [-0.39, 0.29) is 35.7 Å². The molecule has 9 nitrogen and oxygen atoms in total. The molecule has 3 rings (SSSR count). The molecule has 3 N–H and O–H groups in total. The van der Waals surface area contributed by atoms with E-state index in [1.165, 1.54) is 18.2 Å². The molecule has 0 radical (unpaired) electrons. The number of nitrogens with zero attached hydrogens (tertiary/aromatic N) is 3. The Bertz CT molecular complexity index is 1130. The van der Waals surface area contributed by atoms with E-state index in [2.05, 4.69) is 25.6 Å². The number of nitrogens with one attached hydrogen (secondary N) is 2. The van der Waals surface area contributed by atoms with Gasteiger partial charge in [-0.25, -0.2) is 19.2 Å². The van der Waals surface area contributed by atoms with Crippen molar-refractivity contribution in [2.24, 2.45) is 0 Å². The predicted molar refractivity (Wildman–Crippen MR) is 111 cm³/mol. The van der Waals surface area contributed by atoms with E-state index in [9.17, 15) is 19.1 Å². The largest absolute Gasteiger partial charge is 0.444 e. The molecular weight excluding hydrogens is 405 g/mol. The number of benzene rings is 1. The van der Waals surface area contributed by atoms with Gasteiger partial charge in [-0.15, -0.1) is 0 Å². The number of ether oxygens (including phenoxy) is 1. The quantitative estimate of drug-likeness (QED) is 0.571. The Labute approximate surface area is 177 Å². The fourth-order valence-electron chi connectivity index (χ4n) is 2.71. The number of carbonyl (C=O) groups excluding carboxylic acids is 2. The Morgan fingerprint density at radius 2 is 1.77 bits per heavy atom. The van der Waals surface area contributed by atoms with Crippen LogP contribution < -0.4 is 10.6 Å². The first kappa shape index (κ1) is 22.0. The molecule has 0 atom stereocenters. The summed E-state index contributed by atoms with van der Waals surface area (Å²) >= 11 is 0. The van der Waals surface area contributed by atoms with Crippen LogP contribution in [0, 0.1) is 5.82 Å². The zero-order chi connectivity index (χ0) is 22.6. The topological polar surface area (TPSA) is 126 Å². The lowest BCUT2D eigenvalue weighted by Gasteiger charge is -2.19. The van der Waals surface area contributed by atoms with Crippen LogP contribution in [0.3, 0.4) is 0 Å². The zero-order valence-corrected chi connectivity index (χ0v) is 17.3. The normalized spacial score (nSPS) is 11.3. The van der Waals surface area contributed by atoms with Gasteiger partial charge in [0.05, 0.1) is 24.5 Å². The third-order valence-electron chi connectivity index (χ3n) is 3.96. The number of amides is 2. The highest BCUT2D eigenvalue weighted by Crippen LogP contribution is 2.21. The van der Waals surface area contributed by atoms with Crippen molar-refractivity contribution in [3.05, 3.63) is 59.3 Å². The molecule has 0 saturated carbocycles. The van der Waals surface area contributed by atoms with Crippen LogP contribution in [0.2, 0.25) is 0 Å². The van der Waals surface area contributed by atoms with Crippen LogP contribution in [0.15, 0.2) is 36.4 Å². The summed E-state index contributed by atoms with van der Waals surface area (Å²) in [5.41, 5.74) is -0.00708. The number of carbonyl (C=O) groups is 2. The number of hydrogen-bond acceptors (Lipinski definition) is 7. The maximum atomic E-state index is 14.4. The second kappa shape index (κ2) is 9.00. The molecule has 0 fully saturated rings. The molecule has 0 aliphatic rings. The molecule has 10 heteroatoms. The van der Waals surface area contributed by atoms with Gasteiger partial charge in [-0.2, -0.15) is 0 Å². The van der Waals surface area contributed by atoms with Crippen molar-refractivity contribution < 1.29 is 23.8 Å². The molecule has 0 spiro atoms. The second-order valence-electron chi connectivity index (χ2n) is 7.62. The summed E-state index contributed by atoms with van der Waals surface area (Å²) < 4.78 is 19.5. The minimum atomic E-state index is -0.834. The zero-order valence-electron chi connectivity index (χ0n) is 17.3. The lowest BCUT2D eigenvalue weighted by atomic mass is 10.1. The number of pyridine rings is 1. The fourth-order valence-corrected chi connectivity index (χ4v) is 2.71. The van der Waals surface area contributed by atoms with Crippen molar-refractivity contribution in [3.8, 4) is 0 Å². The smallest absolute Gasteiger partial charge is 0.414 e. The summed E-state index contributed by atoms with van der Waals surface area (Å²) in [4.78, 5) is 37.2. The minimum Gasteiger partial charge on any atom is -0.444 e. The molecule has 0 aliphatic heterocycles. The highest BCUT2D eigenvalue weighted by atomic mass is 19.1. The standard InChI is InChI=1S/C21H22FN5O4/c1-21(2,3)31-20(30)27-19-25-16-14(8-5-9-15(16)22)17(26-19)18(29)23-10-12-6-4-7-13(11-28)24-12/h4-9,28H,10-11H2,1-3H3,(H,23,29)(H,25,26,27,30). The van der Waals surface area contributed by atoms with E-state index < -0.39 is 23.4 Å². The molecule has 2 heterocycles. The number of hydrogen-bond donors (Lipinski definition) is 3. The summed E-state index contributed by atoms with van der Waals surface area (Å²) in [7, 11) is 0. The Morgan fingerprint density at radius 3 is 2.48 bits per heavy atom. The summed E-state index contributed by atoms with van der Waals surface area (Å²) in [5.74, 6) is -1.54. The molecule has 2 amide bonds. The molecule has 31 heavy (non-hydrogen) atoms.